The fourth-order valence-corrected chi connectivity index (χ4v) is 6.60. The monoisotopic (exact) mass is 525 g/mol. The fourth-order valence-electron chi connectivity index (χ4n) is 6.60. The van der Waals surface area contributed by atoms with Crippen molar-refractivity contribution < 1.29 is 0 Å². The van der Waals surface area contributed by atoms with Gasteiger partial charge in [0.05, 0.1) is 17.3 Å². The van der Waals surface area contributed by atoms with Crippen LogP contribution in [0, 0.1) is 18.3 Å². The number of benzene rings is 7. The third kappa shape index (κ3) is 3.65. The number of aryl methyl sites for hydroxylation is 1. The molecule has 7 aromatic carbocycles. The Morgan fingerprint density at radius 2 is 1.27 bits per heavy atom. The molecule has 41 heavy (non-hydrogen) atoms. The maximum absolute atomic E-state index is 9.42. The van der Waals surface area contributed by atoms with E-state index in [0.717, 1.165) is 30.0 Å². The number of fused-ring (bicyclic) bond motifs is 1. The number of nitrogens with zero attached hydrogens (tertiary/aromatic N) is 3. The number of nitriles is 1. The molecule has 0 atom stereocenters. The van der Waals surface area contributed by atoms with Gasteiger partial charge >= 0.3 is 0 Å². The van der Waals surface area contributed by atoms with Crippen molar-refractivity contribution in [1.82, 2.24) is 0 Å². The van der Waals surface area contributed by atoms with Gasteiger partial charge in [0, 0.05) is 40.1 Å². The van der Waals surface area contributed by atoms with Crippen LogP contribution >= 0.6 is 0 Å². The highest BCUT2D eigenvalue weighted by Crippen LogP contribution is 2.47. The van der Waals surface area contributed by atoms with Crippen LogP contribution < -0.4 is 9.80 Å². The Kier molecular flexibility index (Phi) is 5.23. The predicted octanol–water partition coefficient (Wildman–Crippen LogP) is 9.93. The van der Waals surface area contributed by atoms with E-state index in [9.17, 15) is 5.26 Å². The average molecular weight is 526 g/mol. The van der Waals surface area contributed by atoms with E-state index in [2.05, 4.69) is 120 Å². The third-order valence-electron chi connectivity index (χ3n) is 8.58. The van der Waals surface area contributed by atoms with Crippen molar-refractivity contribution in [2.45, 2.75) is 13.3 Å². The van der Waals surface area contributed by atoms with Crippen molar-refractivity contribution in [2.75, 3.05) is 16.3 Å². The number of anilines is 5. The summed E-state index contributed by atoms with van der Waals surface area (Å²) in [6, 6.07) is 45.7. The molecule has 0 amide bonds. The van der Waals surface area contributed by atoms with Gasteiger partial charge in [-0.2, -0.15) is 5.26 Å². The quantitative estimate of drug-likeness (QED) is 0.214. The van der Waals surface area contributed by atoms with Gasteiger partial charge in [0.2, 0.25) is 0 Å². The molecule has 0 saturated carbocycles. The molecule has 0 spiro atoms. The highest BCUT2D eigenvalue weighted by Gasteiger charge is 2.24. The first-order valence-corrected chi connectivity index (χ1v) is 14.1. The predicted molar refractivity (Wildman–Crippen MR) is 171 cm³/mol. The van der Waals surface area contributed by atoms with Crippen molar-refractivity contribution in [1.29, 1.82) is 5.26 Å². The molecule has 0 aliphatic carbocycles. The van der Waals surface area contributed by atoms with Gasteiger partial charge in [0.1, 0.15) is 0 Å². The molecule has 7 aromatic rings. The number of rotatable bonds is 4. The Bertz CT molecular complexity index is 2120. The summed E-state index contributed by atoms with van der Waals surface area (Å²) in [5.74, 6) is 0. The summed E-state index contributed by atoms with van der Waals surface area (Å²) < 4.78 is 0. The summed E-state index contributed by atoms with van der Waals surface area (Å²) in [5, 5.41) is 17.0. The Morgan fingerprint density at radius 3 is 2.02 bits per heavy atom. The molecule has 1 heterocycles. The standard InChI is InChI=1S/C38H27N3/c1-25-6-14-30(15-7-25)41(31-16-8-26(24-39)9-17-31)36-21-13-29-10-18-32-35(40-23-22-27-4-2-3-5-34(27)40)20-12-28-11-19-33(36)38(29)37(28)32/h2-21H,22-23H2,1H3. The van der Waals surface area contributed by atoms with E-state index in [1.54, 1.807) is 0 Å². The summed E-state index contributed by atoms with van der Waals surface area (Å²) in [7, 11) is 0. The second kappa shape index (κ2) is 9.11. The zero-order valence-corrected chi connectivity index (χ0v) is 22.8. The maximum Gasteiger partial charge on any atom is 0.0991 e. The smallest absolute Gasteiger partial charge is 0.0991 e. The Hall–Kier alpha value is -5.33. The van der Waals surface area contributed by atoms with E-state index < -0.39 is 0 Å². The van der Waals surface area contributed by atoms with Gasteiger partial charge in [-0.3, -0.25) is 0 Å². The second-order valence-corrected chi connectivity index (χ2v) is 11.0. The molecule has 0 unspecified atom stereocenters. The Labute approximate surface area is 239 Å². The summed E-state index contributed by atoms with van der Waals surface area (Å²) >= 11 is 0. The van der Waals surface area contributed by atoms with E-state index in [4.69, 9.17) is 0 Å². The molecule has 0 aromatic heterocycles. The summed E-state index contributed by atoms with van der Waals surface area (Å²) in [6.45, 7) is 3.11. The summed E-state index contributed by atoms with van der Waals surface area (Å²) in [6.07, 6.45) is 1.07. The molecule has 0 bridgehead atoms. The molecule has 3 heteroatoms. The van der Waals surface area contributed by atoms with E-state index in [1.165, 1.54) is 54.8 Å². The highest BCUT2D eigenvalue weighted by atomic mass is 15.2. The van der Waals surface area contributed by atoms with Crippen LogP contribution in [0.4, 0.5) is 28.4 Å². The number of para-hydroxylation sites is 1. The van der Waals surface area contributed by atoms with Crippen molar-refractivity contribution in [3.8, 4) is 6.07 Å². The second-order valence-electron chi connectivity index (χ2n) is 11.0. The van der Waals surface area contributed by atoms with Crippen molar-refractivity contribution in [2.24, 2.45) is 0 Å². The molecule has 8 rings (SSSR count). The van der Waals surface area contributed by atoms with E-state index in [1.807, 2.05) is 24.3 Å². The van der Waals surface area contributed by atoms with Gasteiger partial charge in [-0.25, -0.2) is 0 Å². The molecular formula is C38H27N3. The van der Waals surface area contributed by atoms with Crippen LogP contribution in [0.1, 0.15) is 16.7 Å². The minimum Gasteiger partial charge on any atom is -0.340 e. The minimum atomic E-state index is 0.656. The molecule has 1 aliphatic heterocycles. The zero-order chi connectivity index (χ0) is 27.5. The van der Waals surface area contributed by atoms with Crippen LogP contribution in [0.3, 0.4) is 0 Å². The molecule has 0 fully saturated rings. The van der Waals surface area contributed by atoms with Gasteiger partial charge in [0.15, 0.2) is 0 Å². The first kappa shape index (κ1) is 23.5. The lowest BCUT2D eigenvalue weighted by Gasteiger charge is -2.28. The highest BCUT2D eigenvalue weighted by molar-refractivity contribution is 6.28. The van der Waals surface area contributed by atoms with Crippen molar-refractivity contribution in [3.63, 3.8) is 0 Å². The van der Waals surface area contributed by atoms with Gasteiger partial charge < -0.3 is 9.80 Å². The maximum atomic E-state index is 9.42. The molecule has 0 N–H and O–H groups in total. The van der Waals surface area contributed by atoms with Crippen LogP contribution in [0.2, 0.25) is 0 Å². The Morgan fingerprint density at radius 1 is 0.634 bits per heavy atom. The van der Waals surface area contributed by atoms with Gasteiger partial charge in [0.25, 0.3) is 0 Å². The molecule has 1 aliphatic rings. The van der Waals surface area contributed by atoms with Crippen LogP contribution in [0.15, 0.2) is 121 Å². The number of hydrogen-bond acceptors (Lipinski definition) is 3. The van der Waals surface area contributed by atoms with Crippen LogP contribution in [0.25, 0.3) is 32.3 Å². The molecule has 3 nitrogen and oxygen atoms in total. The van der Waals surface area contributed by atoms with E-state index >= 15 is 0 Å². The lowest BCUT2D eigenvalue weighted by Crippen LogP contribution is -2.13. The van der Waals surface area contributed by atoms with Gasteiger partial charge in [-0.15, -0.1) is 0 Å². The van der Waals surface area contributed by atoms with Crippen LogP contribution in [-0.2, 0) is 6.42 Å². The average Bonchev–Trinajstić information content (AvgIpc) is 3.45. The first-order chi connectivity index (χ1) is 20.2. The molecular weight excluding hydrogens is 498 g/mol. The summed E-state index contributed by atoms with van der Waals surface area (Å²) in [4.78, 5) is 4.79. The van der Waals surface area contributed by atoms with E-state index in [-0.39, 0.29) is 0 Å². The van der Waals surface area contributed by atoms with Gasteiger partial charge in [-0.05, 0) is 95.1 Å². The van der Waals surface area contributed by atoms with Crippen molar-refractivity contribution >= 4 is 60.8 Å². The minimum absolute atomic E-state index is 0.656. The lowest BCUT2D eigenvalue weighted by atomic mass is 9.92. The normalized spacial score (nSPS) is 12.7. The van der Waals surface area contributed by atoms with Crippen LogP contribution in [0.5, 0.6) is 0 Å². The molecule has 0 saturated heterocycles. The molecule has 194 valence electrons. The van der Waals surface area contributed by atoms with Crippen LogP contribution in [-0.4, -0.2) is 6.54 Å². The van der Waals surface area contributed by atoms with E-state index in [0.29, 0.717) is 5.56 Å². The first-order valence-electron chi connectivity index (χ1n) is 14.1. The third-order valence-corrected chi connectivity index (χ3v) is 8.58. The number of hydrogen-bond donors (Lipinski definition) is 0. The lowest BCUT2D eigenvalue weighted by molar-refractivity contribution is 1.00. The largest absolute Gasteiger partial charge is 0.340 e. The SMILES string of the molecule is Cc1ccc(N(c2ccc(C#N)cc2)c2ccc3ccc4c(N5CCc6ccccc65)ccc5ccc2c3c54)cc1. The Balaban J connectivity index is 1.38. The summed E-state index contributed by atoms with van der Waals surface area (Å²) in [5.41, 5.74) is 9.11. The van der Waals surface area contributed by atoms with Crippen molar-refractivity contribution in [3.05, 3.63) is 138 Å². The fraction of sp³-hybridized carbons (Fsp3) is 0.0789. The van der Waals surface area contributed by atoms with Gasteiger partial charge in [-0.1, -0.05) is 72.3 Å². The topological polar surface area (TPSA) is 30.3 Å². The zero-order valence-electron chi connectivity index (χ0n) is 22.8. The molecule has 0 radical (unpaired) electrons.